The van der Waals surface area contributed by atoms with E-state index < -0.39 is 0 Å². The Kier molecular flexibility index (Phi) is 4.90. The van der Waals surface area contributed by atoms with Gasteiger partial charge in [-0.2, -0.15) is 0 Å². The lowest BCUT2D eigenvalue weighted by molar-refractivity contribution is -0.142. The first-order chi connectivity index (χ1) is 7.24. The Balaban J connectivity index is 2.12. The predicted molar refractivity (Wildman–Crippen MR) is 56.4 cm³/mol. The van der Waals surface area contributed by atoms with Crippen LogP contribution in [0, 0.1) is 6.92 Å². The van der Waals surface area contributed by atoms with Crippen LogP contribution < -0.4 is 5.32 Å². The lowest BCUT2D eigenvalue weighted by atomic mass is 10.3. The first-order valence-electron chi connectivity index (χ1n) is 5.13. The third-order valence-corrected chi connectivity index (χ3v) is 2.06. The van der Waals surface area contributed by atoms with Crippen LogP contribution in [-0.2, 0) is 16.1 Å². The number of hydrogen-bond donors (Lipinski definition) is 1. The summed E-state index contributed by atoms with van der Waals surface area (Å²) in [5.74, 6) is 0.750. The second kappa shape index (κ2) is 6.24. The topological polar surface area (TPSA) is 51.5 Å². The summed E-state index contributed by atoms with van der Waals surface area (Å²) in [5.41, 5.74) is 1.12. The van der Waals surface area contributed by atoms with Gasteiger partial charge in [0.05, 0.1) is 25.8 Å². The Bertz CT molecular complexity index is 307. The van der Waals surface area contributed by atoms with Crippen LogP contribution >= 0.6 is 0 Å². The molecular weight excluding hydrogens is 194 g/mol. The van der Waals surface area contributed by atoms with Crippen molar-refractivity contribution in [2.24, 2.45) is 0 Å². The molecule has 4 heteroatoms. The summed E-state index contributed by atoms with van der Waals surface area (Å²) >= 11 is 0. The van der Waals surface area contributed by atoms with Gasteiger partial charge in [-0.1, -0.05) is 0 Å². The maximum atomic E-state index is 11.0. The van der Waals surface area contributed by atoms with Gasteiger partial charge in [-0.05, 0) is 25.5 Å². The zero-order valence-corrected chi connectivity index (χ0v) is 9.21. The molecule has 0 unspecified atom stereocenters. The number of aryl methyl sites for hydroxylation is 1. The number of carbonyl (C=O) groups excluding carboxylic acids is 1. The Hall–Kier alpha value is -1.29. The highest BCUT2D eigenvalue weighted by Gasteiger charge is 2.03. The Labute approximate surface area is 89.6 Å². The van der Waals surface area contributed by atoms with Crippen LogP contribution in [0.2, 0.25) is 0 Å². The van der Waals surface area contributed by atoms with Crippen LogP contribution in [0.4, 0.5) is 0 Å². The van der Waals surface area contributed by atoms with Crippen LogP contribution in [-0.4, -0.2) is 19.1 Å². The molecule has 0 aliphatic carbocycles. The van der Waals surface area contributed by atoms with Crippen LogP contribution in [0.1, 0.15) is 24.7 Å². The van der Waals surface area contributed by atoms with E-state index in [2.05, 4.69) is 5.32 Å². The molecule has 15 heavy (non-hydrogen) atoms. The van der Waals surface area contributed by atoms with E-state index in [0.29, 0.717) is 26.1 Å². The molecule has 84 valence electrons. The van der Waals surface area contributed by atoms with Crippen LogP contribution in [0.25, 0.3) is 0 Å². The van der Waals surface area contributed by atoms with Crippen molar-refractivity contribution in [3.8, 4) is 0 Å². The highest BCUT2D eigenvalue weighted by atomic mass is 16.5. The molecule has 0 amide bonds. The largest absolute Gasteiger partial charge is 0.468 e. The van der Waals surface area contributed by atoms with E-state index in [1.807, 2.05) is 13.0 Å². The molecule has 0 aliphatic heterocycles. The molecule has 1 aromatic rings. The highest BCUT2D eigenvalue weighted by molar-refractivity contribution is 5.69. The fourth-order valence-electron chi connectivity index (χ4n) is 1.21. The molecule has 1 rings (SSSR count). The minimum Gasteiger partial charge on any atom is -0.468 e. The number of carbonyl (C=O) groups is 1. The van der Waals surface area contributed by atoms with Crippen molar-refractivity contribution >= 4 is 5.97 Å². The van der Waals surface area contributed by atoms with E-state index in [0.717, 1.165) is 11.3 Å². The third-order valence-electron chi connectivity index (χ3n) is 2.06. The van der Waals surface area contributed by atoms with Gasteiger partial charge in [-0.15, -0.1) is 0 Å². The van der Waals surface area contributed by atoms with E-state index in [-0.39, 0.29) is 5.97 Å². The minimum absolute atomic E-state index is 0.166. The molecule has 1 aromatic heterocycles. The van der Waals surface area contributed by atoms with E-state index >= 15 is 0 Å². The zero-order valence-electron chi connectivity index (χ0n) is 9.21. The molecule has 0 saturated heterocycles. The molecule has 0 fully saturated rings. The Morgan fingerprint density at radius 3 is 3.00 bits per heavy atom. The summed E-state index contributed by atoms with van der Waals surface area (Å²) in [6.07, 6.45) is 2.06. The van der Waals surface area contributed by atoms with E-state index in [4.69, 9.17) is 9.15 Å². The van der Waals surface area contributed by atoms with E-state index in [1.54, 1.807) is 13.2 Å². The summed E-state index contributed by atoms with van der Waals surface area (Å²) in [5, 5.41) is 3.12. The normalized spacial score (nSPS) is 10.3. The summed E-state index contributed by atoms with van der Waals surface area (Å²) in [6.45, 7) is 5.50. The van der Waals surface area contributed by atoms with E-state index in [9.17, 15) is 4.79 Å². The third kappa shape index (κ3) is 4.16. The zero-order chi connectivity index (χ0) is 11.1. The first-order valence-corrected chi connectivity index (χ1v) is 5.13. The van der Waals surface area contributed by atoms with Crippen LogP contribution in [0.15, 0.2) is 16.7 Å². The Morgan fingerprint density at radius 2 is 2.40 bits per heavy atom. The lowest BCUT2D eigenvalue weighted by Gasteiger charge is -2.03. The smallest absolute Gasteiger partial charge is 0.307 e. The van der Waals surface area contributed by atoms with Crippen molar-refractivity contribution in [3.63, 3.8) is 0 Å². The average molecular weight is 211 g/mol. The second-order valence-electron chi connectivity index (χ2n) is 3.26. The van der Waals surface area contributed by atoms with Gasteiger partial charge in [0.25, 0.3) is 0 Å². The van der Waals surface area contributed by atoms with Gasteiger partial charge in [0.15, 0.2) is 0 Å². The van der Waals surface area contributed by atoms with Gasteiger partial charge in [-0.3, -0.25) is 4.79 Å². The number of hydrogen-bond acceptors (Lipinski definition) is 4. The average Bonchev–Trinajstić information content (AvgIpc) is 2.60. The molecule has 1 heterocycles. The van der Waals surface area contributed by atoms with Crippen LogP contribution in [0.5, 0.6) is 0 Å². The van der Waals surface area contributed by atoms with Gasteiger partial charge < -0.3 is 14.5 Å². The molecule has 0 radical (unpaired) electrons. The van der Waals surface area contributed by atoms with Crippen molar-refractivity contribution in [1.82, 2.24) is 5.32 Å². The molecule has 4 nitrogen and oxygen atoms in total. The molecular formula is C11H17NO3. The standard InChI is InChI=1S/C11H17NO3/c1-3-14-11(13)4-6-12-8-10-9(2)5-7-15-10/h5,7,12H,3-4,6,8H2,1-2H3. The number of furan rings is 1. The Morgan fingerprint density at radius 1 is 1.60 bits per heavy atom. The fraction of sp³-hybridized carbons (Fsp3) is 0.545. The van der Waals surface area contributed by atoms with E-state index in [1.165, 1.54) is 0 Å². The number of rotatable bonds is 6. The summed E-state index contributed by atoms with van der Waals surface area (Å²) in [6, 6.07) is 1.92. The van der Waals surface area contributed by atoms with Gasteiger partial charge in [0.2, 0.25) is 0 Å². The maximum Gasteiger partial charge on any atom is 0.307 e. The first kappa shape index (κ1) is 11.8. The predicted octanol–water partition coefficient (Wildman–Crippen LogP) is 1.63. The molecule has 0 aromatic carbocycles. The van der Waals surface area contributed by atoms with Gasteiger partial charge >= 0.3 is 5.97 Å². The highest BCUT2D eigenvalue weighted by Crippen LogP contribution is 2.07. The minimum atomic E-state index is -0.166. The molecule has 0 aliphatic rings. The van der Waals surface area contributed by atoms with Crippen molar-refractivity contribution in [2.45, 2.75) is 26.8 Å². The molecule has 0 bridgehead atoms. The number of ether oxygens (including phenoxy) is 1. The maximum absolute atomic E-state index is 11.0. The monoisotopic (exact) mass is 211 g/mol. The second-order valence-corrected chi connectivity index (χ2v) is 3.26. The summed E-state index contributed by atoms with van der Waals surface area (Å²) < 4.78 is 10.0. The lowest BCUT2D eigenvalue weighted by Crippen LogP contribution is -2.19. The van der Waals surface area contributed by atoms with Crippen molar-refractivity contribution in [3.05, 3.63) is 23.7 Å². The summed E-state index contributed by atoms with van der Waals surface area (Å²) in [7, 11) is 0. The number of esters is 1. The van der Waals surface area contributed by atoms with Gasteiger partial charge in [0, 0.05) is 6.54 Å². The van der Waals surface area contributed by atoms with Crippen molar-refractivity contribution in [2.75, 3.05) is 13.2 Å². The molecule has 0 atom stereocenters. The van der Waals surface area contributed by atoms with Crippen molar-refractivity contribution < 1.29 is 13.9 Å². The molecule has 1 N–H and O–H groups in total. The van der Waals surface area contributed by atoms with Crippen molar-refractivity contribution in [1.29, 1.82) is 0 Å². The quantitative estimate of drug-likeness (QED) is 0.574. The number of nitrogens with one attached hydrogen (secondary N) is 1. The SMILES string of the molecule is CCOC(=O)CCNCc1occc1C. The van der Waals surface area contributed by atoms with Gasteiger partial charge in [0.1, 0.15) is 5.76 Å². The summed E-state index contributed by atoms with van der Waals surface area (Å²) in [4.78, 5) is 11.0. The van der Waals surface area contributed by atoms with Crippen LogP contribution in [0.3, 0.4) is 0 Å². The fourth-order valence-corrected chi connectivity index (χ4v) is 1.21. The molecule has 0 saturated carbocycles. The molecule has 0 spiro atoms. The van der Waals surface area contributed by atoms with Gasteiger partial charge in [-0.25, -0.2) is 0 Å².